The van der Waals surface area contributed by atoms with Crippen LogP contribution in [0.2, 0.25) is 0 Å². The Kier molecular flexibility index (Phi) is 11.1. The van der Waals surface area contributed by atoms with Crippen LogP contribution in [0.4, 0.5) is 0 Å². The molecule has 0 aromatic heterocycles. The second kappa shape index (κ2) is 12.5. The largest absolute Gasteiger partial charge is 0.389 e. The first-order chi connectivity index (χ1) is 11.9. The highest BCUT2D eigenvalue weighted by Gasteiger charge is 2.20. The summed E-state index contributed by atoms with van der Waals surface area (Å²) in [6.07, 6.45) is 1.72. The second-order valence-electron chi connectivity index (χ2n) is 7.92. The van der Waals surface area contributed by atoms with Gasteiger partial charge in [-0.25, -0.2) is 0 Å². The molecule has 0 bridgehead atoms. The molecule has 6 heteroatoms. The Hall–Kier alpha value is -0.850. The number of piperidine rings is 1. The van der Waals surface area contributed by atoms with E-state index in [1.165, 1.54) is 6.54 Å². The molecule has 0 aromatic rings. The molecule has 0 spiro atoms. The number of hydrogen-bond donors (Lipinski definition) is 3. The number of aliphatic hydroxyl groups is 1. The van der Waals surface area contributed by atoms with E-state index in [1.54, 1.807) is 0 Å². The molecule has 0 radical (unpaired) electrons. The number of nitrogens with zero attached hydrogens (tertiary/aromatic N) is 2. The molecular formula is C19H40N4O2. The number of likely N-dealkylation sites (tertiary alicyclic amines) is 1. The highest BCUT2D eigenvalue weighted by Crippen LogP contribution is 2.12. The third-order valence-corrected chi connectivity index (χ3v) is 4.12. The summed E-state index contributed by atoms with van der Waals surface area (Å²) in [5.41, 5.74) is 0. The van der Waals surface area contributed by atoms with Gasteiger partial charge in [-0.3, -0.25) is 4.99 Å². The maximum absolute atomic E-state index is 10.0. The lowest BCUT2D eigenvalue weighted by molar-refractivity contribution is 0.0301. The molecule has 6 nitrogen and oxygen atoms in total. The van der Waals surface area contributed by atoms with Crippen LogP contribution in [0, 0.1) is 11.8 Å². The zero-order chi connectivity index (χ0) is 18.7. The second-order valence-corrected chi connectivity index (χ2v) is 7.92. The number of rotatable bonds is 10. The third-order valence-electron chi connectivity index (χ3n) is 4.12. The summed E-state index contributed by atoms with van der Waals surface area (Å²) < 4.78 is 5.48. The molecule has 3 N–H and O–H groups in total. The summed E-state index contributed by atoms with van der Waals surface area (Å²) in [6.45, 7) is 16.5. The van der Waals surface area contributed by atoms with Gasteiger partial charge in [0.25, 0.3) is 0 Å². The van der Waals surface area contributed by atoms with Gasteiger partial charge in [0.2, 0.25) is 0 Å². The summed E-state index contributed by atoms with van der Waals surface area (Å²) >= 11 is 0. The molecule has 1 atom stereocenters. The van der Waals surface area contributed by atoms with Crippen LogP contribution >= 0.6 is 0 Å². The maximum Gasteiger partial charge on any atom is 0.191 e. The number of guanidine groups is 1. The third kappa shape index (κ3) is 10.7. The quantitative estimate of drug-likeness (QED) is 0.411. The molecule has 0 amide bonds. The Morgan fingerprint density at radius 2 is 1.84 bits per heavy atom. The van der Waals surface area contributed by atoms with E-state index in [0.717, 1.165) is 44.4 Å². The topological polar surface area (TPSA) is 69.1 Å². The van der Waals surface area contributed by atoms with Crippen molar-refractivity contribution in [2.75, 3.05) is 45.9 Å². The maximum atomic E-state index is 10.0. The molecule has 148 valence electrons. The van der Waals surface area contributed by atoms with Crippen molar-refractivity contribution in [2.24, 2.45) is 16.8 Å². The van der Waals surface area contributed by atoms with Gasteiger partial charge < -0.3 is 25.4 Å². The molecular weight excluding hydrogens is 316 g/mol. The van der Waals surface area contributed by atoms with E-state index in [1.807, 2.05) is 0 Å². The minimum atomic E-state index is -0.554. The monoisotopic (exact) mass is 356 g/mol. The van der Waals surface area contributed by atoms with E-state index >= 15 is 0 Å². The van der Waals surface area contributed by atoms with Crippen LogP contribution in [0.1, 0.15) is 47.5 Å². The zero-order valence-electron chi connectivity index (χ0n) is 16.9. The van der Waals surface area contributed by atoms with Gasteiger partial charge in [-0.15, -0.1) is 0 Å². The van der Waals surface area contributed by atoms with E-state index < -0.39 is 6.10 Å². The summed E-state index contributed by atoms with van der Waals surface area (Å²) in [7, 11) is 0. The molecule has 0 saturated carbocycles. The van der Waals surface area contributed by atoms with Crippen molar-refractivity contribution in [2.45, 2.75) is 59.6 Å². The molecule has 1 heterocycles. The normalized spacial score (nSPS) is 18.8. The number of hydrogen-bond acceptors (Lipinski definition) is 4. The molecule has 1 unspecified atom stereocenters. The van der Waals surface area contributed by atoms with Crippen molar-refractivity contribution in [1.29, 1.82) is 0 Å². The summed E-state index contributed by atoms with van der Waals surface area (Å²) in [5.74, 6) is 2.01. The van der Waals surface area contributed by atoms with Crippen LogP contribution < -0.4 is 10.6 Å². The van der Waals surface area contributed by atoms with E-state index in [-0.39, 0.29) is 0 Å². The Labute approximate surface area is 154 Å². The van der Waals surface area contributed by atoms with Crippen molar-refractivity contribution in [3.63, 3.8) is 0 Å². The standard InChI is InChI=1S/C19H40N4O2/c1-6-20-19(21-11-18(24)14-25-13-16(4)5)22-17-7-9-23(10-8-17)12-15(2)3/h15-18,24H,6-14H2,1-5H3,(H2,20,21,22). The molecule has 1 saturated heterocycles. The number of aliphatic imine (C=N–C) groups is 1. The molecule has 1 aliphatic heterocycles. The first-order valence-corrected chi connectivity index (χ1v) is 9.93. The Balaban J connectivity index is 2.35. The smallest absolute Gasteiger partial charge is 0.191 e. The summed E-state index contributed by atoms with van der Waals surface area (Å²) in [6, 6.07) is 0.454. The molecule has 0 aliphatic carbocycles. The van der Waals surface area contributed by atoms with E-state index in [2.05, 4.69) is 55.1 Å². The Morgan fingerprint density at radius 1 is 1.16 bits per heavy atom. The van der Waals surface area contributed by atoms with Crippen molar-refractivity contribution in [1.82, 2.24) is 15.5 Å². The van der Waals surface area contributed by atoms with Gasteiger partial charge in [-0.2, -0.15) is 0 Å². The molecule has 1 aliphatic rings. The molecule has 1 fully saturated rings. The van der Waals surface area contributed by atoms with Gasteiger partial charge >= 0.3 is 0 Å². The van der Waals surface area contributed by atoms with Crippen LogP contribution in [0.15, 0.2) is 4.99 Å². The van der Waals surface area contributed by atoms with Crippen molar-refractivity contribution in [3.8, 4) is 0 Å². The van der Waals surface area contributed by atoms with E-state index in [9.17, 15) is 5.11 Å². The Morgan fingerprint density at radius 3 is 2.40 bits per heavy atom. The number of nitrogens with one attached hydrogen (secondary N) is 2. The van der Waals surface area contributed by atoms with Gasteiger partial charge in [0, 0.05) is 38.8 Å². The fourth-order valence-electron chi connectivity index (χ4n) is 2.98. The van der Waals surface area contributed by atoms with Crippen LogP contribution in [-0.2, 0) is 4.74 Å². The first kappa shape index (κ1) is 22.2. The SMILES string of the molecule is CCNC(=NCC(O)COCC(C)C)NC1CCN(CC(C)C)CC1. The summed E-state index contributed by atoms with van der Waals surface area (Å²) in [5, 5.41) is 16.8. The van der Waals surface area contributed by atoms with Gasteiger partial charge in [0.05, 0.1) is 19.3 Å². The first-order valence-electron chi connectivity index (χ1n) is 9.93. The predicted molar refractivity (Wildman–Crippen MR) is 105 cm³/mol. The van der Waals surface area contributed by atoms with E-state index in [4.69, 9.17) is 4.74 Å². The lowest BCUT2D eigenvalue weighted by atomic mass is 10.0. The number of aliphatic hydroxyl groups excluding tert-OH is 1. The predicted octanol–water partition coefficient (Wildman–Crippen LogP) is 1.70. The van der Waals surface area contributed by atoms with Gasteiger partial charge in [0.1, 0.15) is 0 Å². The van der Waals surface area contributed by atoms with Gasteiger partial charge in [-0.1, -0.05) is 27.7 Å². The minimum absolute atomic E-state index is 0.342. The average Bonchev–Trinajstić information content (AvgIpc) is 2.54. The zero-order valence-corrected chi connectivity index (χ0v) is 16.9. The van der Waals surface area contributed by atoms with Crippen LogP contribution in [-0.4, -0.2) is 74.0 Å². The summed E-state index contributed by atoms with van der Waals surface area (Å²) in [4.78, 5) is 7.07. The fourth-order valence-corrected chi connectivity index (χ4v) is 2.98. The van der Waals surface area contributed by atoms with Gasteiger partial charge in [-0.05, 0) is 31.6 Å². The van der Waals surface area contributed by atoms with Crippen molar-refractivity contribution >= 4 is 5.96 Å². The highest BCUT2D eigenvalue weighted by atomic mass is 16.5. The van der Waals surface area contributed by atoms with Crippen LogP contribution in [0.5, 0.6) is 0 Å². The van der Waals surface area contributed by atoms with Crippen LogP contribution in [0.3, 0.4) is 0 Å². The number of ether oxygens (including phenoxy) is 1. The fraction of sp³-hybridized carbons (Fsp3) is 0.947. The molecule has 1 rings (SSSR count). The molecule has 0 aromatic carbocycles. The minimum Gasteiger partial charge on any atom is -0.389 e. The lowest BCUT2D eigenvalue weighted by Crippen LogP contribution is -2.49. The van der Waals surface area contributed by atoms with Gasteiger partial charge in [0.15, 0.2) is 5.96 Å². The molecule has 25 heavy (non-hydrogen) atoms. The van der Waals surface area contributed by atoms with Crippen LogP contribution in [0.25, 0.3) is 0 Å². The Bertz CT molecular complexity index is 366. The van der Waals surface area contributed by atoms with Crippen molar-refractivity contribution in [3.05, 3.63) is 0 Å². The van der Waals surface area contributed by atoms with E-state index in [0.29, 0.717) is 31.7 Å². The lowest BCUT2D eigenvalue weighted by Gasteiger charge is -2.34. The highest BCUT2D eigenvalue weighted by molar-refractivity contribution is 5.80. The average molecular weight is 357 g/mol. The van der Waals surface area contributed by atoms with Crippen molar-refractivity contribution < 1.29 is 9.84 Å².